The number of aliphatic carboxylic acids is 1. The van der Waals surface area contributed by atoms with E-state index >= 15 is 0 Å². The van der Waals surface area contributed by atoms with Gasteiger partial charge in [0.25, 0.3) is 5.91 Å². The zero-order chi connectivity index (χ0) is 43.6. The Hall–Kier alpha value is -5.25. The highest BCUT2D eigenvalue weighted by Gasteiger charge is 2.32. The van der Waals surface area contributed by atoms with Crippen LogP contribution in [0.15, 0.2) is 42.6 Å². The summed E-state index contributed by atoms with van der Waals surface area (Å²) in [6.45, 7) is 8.13. The summed E-state index contributed by atoms with van der Waals surface area (Å²) in [5.41, 5.74) is 4.07. The van der Waals surface area contributed by atoms with Gasteiger partial charge in [-0.1, -0.05) is 35.3 Å². The molecule has 2 aliphatic heterocycles. The van der Waals surface area contributed by atoms with Crippen molar-refractivity contribution in [2.24, 2.45) is 18.9 Å². The van der Waals surface area contributed by atoms with Gasteiger partial charge in [0.2, 0.25) is 11.8 Å². The Morgan fingerprint density at radius 2 is 1.77 bits per heavy atom. The lowest BCUT2D eigenvalue weighted by Gasteiger charge is -2.33. The number of amides is 3. The number of ether oxygens (including phenoxy) is 2. The second kappa shape index (κ2) is 18.4. The van der Waals surface area contributed by atoms with E-state index in [1.54, 1.807) is 62.2 Å². The maximum atomic E-state index is 13.8. The second-order valence-electron chi connectivity index (χ2n) is 17.1. The number of imidazole rings is 1. The van der Waals surface area contributed by atoms with Gasteiger partial charge in [-0.25, -0.2) is 14.8 Å². The first-order valence-electron chi connectivity index (χ1n) is 20.6. The molecule has 7 rings (SSSR count). The summed E-state index contributed by atoms with van der Waals surface area (Å²) in [6, 6.07) is 10.4. The van der Waals surface area contributed by atoms with Gasteiger partial charge in [-0.05, 0) is 83.1 Å². The van der Waals surface area contributed by atoms with Gasteiger partial charge in [0.05, 0.1) is 52.4 Å². The Morgan fingerprint density at radius 3 is 2.46 bits per heavy atom. The van der Waals surface area contributed by atoms with Gasteiger partial charge in [0, 0.05) is 80.7 Å². The van der Waals surface area contributed by atoms with E-state index < -0.39 is 23.6 Å². The van der Waals surface area contributed by atoms with Crippen LogP contribution in [-0.4, -0.2) is 96.7 Å². The summed E-state index contributed by atoms with van der Waals surface area (Å²) in [5.74, 6) is -0.382. The predicted octanol–water partition coefficient (Wildman–Crippen LogP) is 7.38. The summed E-state index contributed by atoms with van der Waals surface area (Å²) in [6.07, 6.45) is 6.09. The van der Waals surface area contributed by atoms with Crippen molar-refractivity contribution in [3.8, 4) is 28.4 Å². The van der Waals surface area contributed by atoms with Crippen molar-refractivity contribution in [2.45, 2.75) is 90.4 Å². The molecule has 0 spiro atoms. The number of hydrogen-bond donors (Lipinski definition) is 3. The molecule has 1 saturated heterocycles. The predicted molar refractivity (Wildman–Crippen MR) is 231 cm³/mol. The molecule has 0 unspecified atom stereocenters. The van der Waals surface area contributed by atoms with Crippen LogP contribution in [-0.2, 0) is 40.9 Å². The molecule has 1 aromatic carbocycles. The summed E-state index contributed by atoms with van der Waals surface area (Å²) >= 11 is 14.1. The van der Waals surface area contributed by atoms with Gasteiger partial charge in [-0.2, -0.15) is 0 Å². The van der Waals surface area contributed by atoms with Crippen LogP contribution in [0.3, 0.4) is 0 Å². The summed E-state index contributed by atoms with van der Waals surface area (Å²) in [4.78, 5) is 68.4. The van der Waals surface area contributed by atoms with E-state index in [2.05, 4.69) is 20.5 Å². The molecule has 5 heterocycles. The van der Waals surface area contributed by atoms with Gasteiger partial charge in [-0.15, -0.1) is 0 Å². The molecule has 1 atom stereocenters. The second-order valence-corrected chi connectivity index (χ2v) is 17.9. The third-order valence-electron chi connectivity index (χ3n) is 11.6. The quantitative estimate of drug-likeness (QED) is 0.129. The average Bonchev–Trinajstić information content (AvgIpc) is 3.79. The Balaban J connectivity index is 1.06. The van der Waals surface area contributed by atoms with Crippen LogP contribution in [0.1, 0.15) is 86.9 Å². The van der Waals surface area contributed by atoms with Gasteiger partial charge < -0.3 is 34.7 Å². The molecule has 2 fully saturated rings. The van der Waals surface area contributed by atoms with Crippen LogP contribution in [0, 0.1) is 11.8 Å². The minimum Gasteiger partial charge on any atom is -0.481 e. The normalized spacial score (nSPS) is 19.2. The standard InChI is InChI=1S/C44H52Cl2N8O7/c1-44(2,3)61-43(59)54(23-28-14-16-35(55)48-28)22-27-13-15-31(51-41(27)60-5)29-17-19-47-38(37(29)46)30-7-6-8-32(36(30)45)50-40(56)39-49-33-24-53(20-18-34(33)52(39)4)21-25-9-11-26(12-10-25)42(57)58/h6-8,13,15,17,19,25-26,28H,9-12,14,16,18,20-24H2,1-5H3,(H,48,55)(H,50,56)(H,57,58)/t25-,26-,28-/m0/s1. The van der Waals surface area contributed by atoms with E-state index in [-0.39, 0.29) is 52.7 Å². The first kappa shape index (κ1) is 43.8. The van der Waals surface area contributed by atoms with Crippen molar-refractivity contribution in [1.29, 1.82) is 0 Å². The topological polar surface area (TPSA) is 181 Å². The number of methoxy groups -OCH3 is 1. The van der Waals surface area contributed by atoms with Gasteiger partial charge in [0.15, 0.2) is 5.82 Å². The number of carbonyl (C=O) groups is 4. The van der Waals surface area contributed by atoms with Crippen LogP contribution in [0.5, 0.6) is 5.88 Å². The van der Waals surface area contributed by atoms with Crippen LogP contribution < -0.4 is 15.4 Å². The van der Waals surface area contributed by atoms with Crippen molar-refractivity contribution in [3.05, 3.63) is 75.4 Å². The van der Waals surface area contributed by atoms with Crippen LogP contribution in [0.25, 0.3) is 22.5 Å². The number of nitrogens with one attached hydrogen (secondary N) is 2. The van der Waals surface area contributed by atoms with E-state index in [1.807, 2.05) is 17.7 Å². The number of pyridine rings is 2. The Labute approximate surface area is 365 Å². The molecular formula is C44H52Cl2N8O7. The molecule has 0 radical (unpaired) electrons. The van der Waals surface area contributed by atoms with E-state index in [0.29, 0.717) is 59.1 Å². The molecule has 3 amide bonds. The third-order valence-corrected chi connectivity index (χ3v) is 12.4. The number of aromatic nitrogens is 4. The van der Waals surface area contributed by atoms with Crippen molar-refractivity contribution in [1.82, 2.24) is 34.6 Å². The summed E-state index contributed by atoms with van der Waals surface area (Å²) in [7, 11) is 3.34. The number of anilines is 1. The minimum atomic E-state index is -0.722. The largest absolute Gasteiger partial charge is 0.481 e. The summed E-state index contributed by atoms with van der Waals surface area (Å²) < 4.78 is 13.3. The van der Waals surface area contributed by atoms with Crippen LogP contribution in [0.2, 0.25) is 10.0 Å². The number of halogens is 2. The lowest BCUT2D eigenvalue weighted by Crippen LogP contribution is -2.43. The van der Waals surface area contributed by atoms with Crippen LogP contribution >= 0.6 is 23.2 Å². The lowest BCUT2D eigenvalue weighted by molar-refractivity contribution is -0.143. The number of hydrogen-bond acceptors (Lipinski definition) is 10. The fourth-order valence-electron chi connectivity index (χ4n) is 8.45. The highest BCUT2D eigenvalue weighted by atomic mass is 35.5. The van der Waals surface area contributed by atoms with Gasteiger partial charge in [-0.3, -0.25) is 24.3 Å². The molecule has 1 aliphatic carbocycles. The maximum Gasteiger partial charge on any atom is 0.410 e. The number of carboxylic acids is 1. The van der Waals surface area contributed by atoms with E-state index in [0.717, 1.165) is 56.6 Å². The molecule has 1 saturated carbocycles. The first-order valence-corrected chi connectivity index (χ1v) is 21.4. The zero-order valence-corrected chi connectivity index (χ0v) is 36.6. The highest BCUT2D eigenvalue weighted by molar-refractivity contribution is 6.39. The fraction of sp³-hybridized carbons (Fsp3) is 0.477. The number of rotatable bonds is 12. The van der Waals surface area contributed by atoms with Crippen molar-refractivity contribution < 1.29 is 33.8 Å². The molecular weight excluding hydrogens is 823 g/mol. The molecule has 3 N–H and O–H groups in total. The van der Waals surface area contributed by atoms with Crippen molar-refractivity contribution in [2.75, 3.05) is 32.1 Å². The fourth-order valence-corrected chi connectivity index (χ4v) is 9.02. The van der Waals surface area contributed by atoms with E-state index in [1.165, 1.54) is 7.11 Å². The van der Waals surface area contributed by atoms with Crippen LogP contribution in [0.4, 0.5) is 10.5 Å². The molecule has 3 aromatic heterocycles. The number of carboxylic acid groups (broad SMARTS) is 1. The smallest absolute Gasteiger partial charge is 0.410 e. The molecule has 3 aliphatic rings. The highest BCUT2D eigenvalue weighted by Crippen LogP contribution is 2.40. The monoisotopic (exact) mass is 874 g/mol. The molecule has 15 nitrogen and oxygen atoms in total. The molecule has 17 heteroatoms. The lowest BCUT2D eigenvalue weighted by atomic mass is 9.81. The average molecular weight is 876 g/mol. The van der Waals surface area contributed by atoms with Crippen molar-refractivity contribution in [3.63, 3.8) is 0 Å². The minimum absolute atomic E-state index is 0.0497. The number of fused-ring (bicyclic) bond motifs is 1. The Kier molecular flexibility index (Phi) is 13.2. The number of carbonyl (C=O) groups excluding carboxylic acids is 3. The Morgan fingerprint density at radius 1 is 1.00 bits per heavy atom. The number of benzene rings is 1. The zero-order valence-electron chi connectivity index (χ0n) is 35.1. The number of nitrogens with zero attached hydrogens (tertiary/aromatic N) is 6. The first-order chi connectivity index (χ1) is 29.1. The Bertz CT molecular complexity index is 2320. The maximum absolute atomic E-state index is 13.8. The molecule has 4 aromatic rings. The van der Waals surface area contributed by atoms with Gasteiger partial charge >= 0.3 is 12.1 Å². The van der Waals surface area contributed by atoms with Crippen molar-refractivity contribution >= 4 is 52.8 Å². The molecule has 324 valence electrons. The van der Waals surface area contributed by atoms with E-state index in [9.17, 15) is 24.3 Å². The van der Waals surface area contributed by atoms with Gasteiger partial charge in [0.1, 0.15) is 5.60 Å². The molecule has 61 heavy (non-hydrogen) atoms. The SMILES string of the molecule is COc1nc(-c2ccnc(-c3cccc(NC(=O)c4nc5c(n4C)CCN(C[C@H]4CC[C@H](C(=O)O)CC4)C5)c3Cl)c2Cl)ccc1CN(C[C@@H]1CCC(=O)N1)C(=O)OC(C)(C)C. The molecule has 0 bridgehead atoms. The summed E-state index contributed by atoms with van der Waals surface area (Å²) in [5, 5.41) is 15.8. The third kappa shape index (κ3) is 10.1. The van der Waals surface area contributed by atoms with E-state index in [4.69, 9.17) is 42.6 Å².